The maximum Gasteiger partial charge on any atom is 0.331 e. The van der Waals surface area contributed by atoms with Gasteiger partial charge in [-0.05, 0) is 19.9 Å². The summed E-state index contributed by atoms with van der Waals surface area (Å²) in [5.74, 6) is -1.14. The molecule has 0 aliphatic carbocycles. The number of esters is 2. The molecule has 0 aliphatic rings. The molecule has 0 bridgehead atoms. The van der Waals surface area contributed by atoms with Crippen LogP contribution in [0, 0.1) is 0 Å². The minimum atomic E-state index is -0.592. The molecule has 5 nitrogen and oxygen atoms in total. The van der Waals surface area contributed by atoms with Crippen molar-refractivity contribution in [2.75, 3.05) is 39.4 Å². The topological polar surface area (TPSA) is 52.6 Å². The second kappa shape index (κ2) is 10.9. The molecule has 0 radical (unpaired) electrons. The van der Waals surface area contributed by atoms with Crippen LogP contribution in [0.4, 0.5) is 0 Å². The lowest BCUT2D eigenvalue weighted by Gasteiger charge is -2.35. The molecule has 5 heteroatoms. The van der Waals surface area contributed by atoms with Gasteiger partial charge >= 0.3 is 11.9 Å². The third kappa shape index (κ3) is 8.09. The van der Waals surface area contributed by atoms with Crippen LogP contribution >= 0.6 is 0 Å². The van der Waals surface area contributed by atoms with Gasteiger partial charge in [-0.1, -0.05) is 19.2 Å². The molecule has 0 aliphatic heterocycles. The van der Waals surface area contributed by atoms with Crippen LogP contribution < -0.4 is 0 Å². The summed E-state index contributed by atoms with van der Waals surface area (Å²) >= 11 is 0. The van der Waals surface area contributed by atoms with Crippen molar-refractivity contribution in [3.8, 4) is 0 Å². The quantitative estimate of drug-likeness (QED) is 0.253. The summed E-state index contributed by atoms with van der Waals surface area (Å²) in [6.45, 7) is 15.3. The van der Waals surface area contributed by atoms with Gasteiger partial charge in [-0.15, -0.1) is 0 Å². The van der Waals surface area contributed by atoms with Crippen molar-refractivity contribution in [3.05, 3.63) is 37.5 Å². The summed E-state index contributed by atoms with van der Waals surface area (Å²) in [6, 6.07) is 0. The zero-order chi connectivity index (χ0) is 16.1. The van der Waals surface area contributed by atoms with Gasteiger partial charge in [0.1, 0.15) is 19.8 Å². The Labute approximate surface area is 127 Å². The van der Waals surface area contributed by atoms with E-state index < -0.39 is 11.9 Å². The Morgan fingerprint density at radius 3 is 2.05 bits per heavy atom. The predicted molar refractivity (Wildman–Crippen MR) is 82.5 cm³/mol. The molecule has 0 atom stereocenters. The molecule has 0 heterocycles. The van der Waals surface area contributed by atoms with Crippen LogP contribution in [0.2, 0.25) is 0 Å². The minimum absolute atomic E-state index is 0.118. The molecule has 0 saturated heterocycles. The summed E-state index contributed by atoms with van der Waals surface area (Å²) in [4.78, 5) is 22.6. The van der Waals surface area contributed by atoms with Crippen LogP contribution in [0.15, 0.2) is 37.5 Å². The molecule has 0 fully saturated rings. The summed E-state index contributed by atoms with van der Waals surface area (Å²) in [7, 11) is 0. The summed E-state index contributed by atoms with van der Waals surface area (Å²) < 4.78 is 10.6. The minimum Gasteiger partial charge on any atom is -0.458 e. The van der Waals surface area contributed by atoms with Crippen LogP contribution in [-0.4, -0.2) is 55.8 Å². The molecule has 0 spiro atoms. The lowest BCUT2D eigenvalue weighted by atomic mass is 10.3. The van der Waals surface area contributed by atoms with E-state index in [1.54, 1.807) is 0 Å². The van der Waals surface area contributed by atoms with Crippen molar-refractivity contribution >= 4 is 11.9 Å². The van der Waals surface area contributed by atoms with Gasteiger partial charge in [0.2, 0.25) is 0 Å². The smallest absolute Gasteiger partial charge is 0.331 e. The van der Waals surface area contributed by atoms with Crippen LogP contribution in [0.1, 0.15) is 13.8 Å². The van der Waals surface area contributed by atoms with E-state index in [1.807, 2.05) is 6.08 Å². The number of hydrogen-bond acceptors (Lipinski definition) is 4. The predicted octanol–water partition coefficient (Wildman–Crippen LogP) is 1.86. The van der Waals surface area contributed by atoms with Crippen LogP contribution in [0.25, 0.3) is 0 Å². The molecular formula is C16H26NO4+. The number of carbonyl (C=O) groups is 2. The Kier molecular flexibility index (Phi) is 9.88. The number of rotatable bonds is 11. The van der Waals surface area contributed by atoms with Crippen LogP contribution in [-0.2, 0) is 19.1 Å². The molecule has 0 aromatic rings. The number of quaternary nitrogens is 1. The van der Waals surface area contributed by atoms with Crippen molar-refractivity contribution in [2.45, 2.75) is 13.8 Å². The molecule has 0 saturated carbocycles. The van der Waals surface area contributed by atoms with Crippen molar-refractivity contribution in [1.29, 1.82) is 0 Å². The van der Waals surface area contributed by atoms with E-state index in [1.165, 1.54) is 6.08 Å². The first-order valence-corrected chi connectivity index (χ1v) is 7.12. The first-order valence-electron chi connectivity index (χ1n) is 7.12. The summed E-state index contributed by atoms with van der Waals surface area (Å²) in [6.07, 6.45) is 5.46. The first kappa shape index (κ1) is 19.1. The molecular weight excluding hydrogens is 270 g/mol. The summed E-state index contributed by atoms with van der Waals surface area (Å²) in [5, 5.41) is 0. The van der Waals surface area contributed by atoms with Gasteiger partial charge in [-0.25, -0.2) is 9.59 Å². The van der Waals surface area contributed by atoms with Gasteiger partial charge < -0.3 is 14.0 Å². The molecule has 118 valence electrons. The molecule has 0 rings (SSSR count). The third-order valence-electron chi connectivity index (χ3n) is 3.37. The van der Waals surface area contributed by atoms with Gasteiger partial charge in [0, 0.05) is 12.2 Å². The van der Waals surface area contributed by atoms with Gasteiger partial charge in [-0.3, -0.25) is 0 Å². The second-order valence-electron chi connectivity index (χ2n) is 4.59. The fourth-order valence-corrected chi connectivity index (χ4v) is 1.88. The highest BCUT2D eigenvalue weighted by molar-refractivity contribution is 5.91. The third-order valence-corrected chi connectivity index (χ3v) is 3.37. The lowest BCUT2D eigenvalue weighted by molar-refractivity contribution is -0.919. The van der Waals surface area contributed by atoms with Crippen molar-refractivity contribution < 1.29 is 23.5 Å². The van der Waals surface area contributed by atoms with E-state index in [-0.39, 0.29) is 6.61 Å². The second-order valence-corrected chi connectivity index (χ2v) is 4.59. The Morgan fingerprint density at radius 2 is 1.57 bits per heavy atom. The van der Waals surface area contributed by atoms with Gasteiger partial charge in [0.25, 0.3) is 0 Å². The number of carbonyl (C=O) groups excluding carboxylic acids is 2. The number of likely N-dealkylation sites (N-methyl/N-ethyl adjacent to an activating group) is 1. The molecule has 21 heavy (non-hydrogen) atoms. The average Bonchev–Trinajstić information content (AvgIpc) is 2.50. The Balaban J connectivity index is 4.18. The van der Waals surface area contributed by atoms with E-state index in [9.17, 15) is 9.59 Å². The van der Waals surface area contributed by atoms with Crippen molar-refractivity contribution in [1.82, 2.24) is 0 Å². The van der Waals surface area contributed by atoms with Crippen molar-refractivity contribution in [2.24, 2.45) is 0 Å². The van der Waals surface area contributed by atoms with Gasteiger partial charge in [0.15, 0.2) is 0 Å². The highest BCUT2D eigenvalue weighted by Gasteiger charge is 2.21. The summed E-state index contributed by atoms with van der Waals surface area (Å²) in [5.41, 5.74) is 0. The SMILES string of the molecule is C=CCOC(=O)C=CC(=O)OCC[N+](CC)(CC)CC=C. The monoisotopic (exact) mass is 296 g/mol. The van der Waals surface area contributed by atoms with E-state index in [0.717, 1.165) is 42.8 Å². The molecule has 0 aromatic heterocycles. The maximum atomic E-state index is 11.5. The maximum absolute atomic E-state index is 11.5. The van der Waals surface area contributed by atoms with E-state index >= 15 is 0 Å². The van der Waals surface area contributed by atoms with E-state index in [0.29, 0.717) is 6.61 Å². The van der Waals surface area contributed by atoms with Crippen LogP contribution in [0.3, 0.4) is 0 Å². The zero-order valence-electron chi connectivity index (χ0n) is 13.0. The Bertz CT molecular complexity index is 384. The van der Waals surface area contributed by atoms with E-state index in [4.69, 9.17) is 9.47 Å². The number of nitrogens with zero attached hydrogens (tertiary/aromatic N) is 1. The van der Waals surface area contributed by atoms with Gasteiger partial charge in [-0.2, -0.15) is 0 Å². The average molecular weight is 296 g/mol. The van der Waals surface area contributed by atoms with Gasteiger partial charge in [0.05, 0.1) is 19.6 Å². The Morgan fingerprint density at radius 1 is 1.00 bits per heavy atom. The fraction of sp³-hybridized carbons (Fsp3) is 0.500. The fourth-order valence-electron chi connectivity index (χ4n) is 1.88. The first-order chi connectivity index (χ1) is 10.0. The van der Waals surface area contributed by atoms with Crippen molar-refractivity contribution in [3.63, 3.8) is 0 Å². The normalized spacial score (nSPS) is 11.1. The molecule has 0 unspecified atom stereocenters. The number of ether oxygens (including phenoxy) is 2. The largest absolute Gasteiger partial charge is 0.458 e. The number of hydrogen-bond donors (Lipinski definition) is 0. The highest BCUT2D eigenvalue weighted by atomic mass is 16.5. The lowest BCUT2D eigenvalue weighted by Crippen LogP contribution is -2.50. The van der Waals surface area contributed by atoms with Crippen LogP contribution in [0.5, 0.6) is 0 Å². The Hall–Kier alpha value is -1.88. The molecule has 0 amide bonds. The highest BCUT2D eigenvalue weighted by Crippen LogP contribution is 2.06. The molecule has 0 aromatic carbocycles. The molecule has 0 N–H and O–H groups in total. The van der Waals surface area contributed by atoms with E-state index in [2.05, 4.69) is 27.0 Å². The standard InChI is InChI=1S/C16H26NO4/c1-5-11-17(7-3,8-4)12-14-21-16(19)10-9-15(18)20-13-6-2/h5-6,9-10H,1-2,7-8,11-14H2,3-4H3/q+1. The zero-order valence-corrected chi connectivity index (χ0v) is 13.0.